The van der Waals surface area contributed by atoms with Crippen molar-refractivity contribution in [1.29, 1.82) is 5.26 Å². The Bertz CT molecular complexity index is 513. The molecule has 1 heterocycles. The number of aromatic nitrogens is 1. The zero-order valence-electron chi connectivity index (χ0n) is 8.47. The molecule has 0 aliphatic rings. The van der Waals surface area contributed by atoms with E-state index in [9.17, 15) is 0 Å². The highest BCUT2D eigenvalue weighted by molar-refractivity contribution is 7.19. The standard InChI is InChI=1S/C11H10N4S/c12-6-9-10(13)16-11(15-9)14-7-8-4-2-1-3-5-8/h1-5H,7,13H2,(H,14,15). The van der Waals surface area contributed by atoms with Crippen LogP contribution in [0.5, 0.6) is 0 Å². The predicted molar refractivity (Wildman–Crippen MR) is 65.0 cm³/mol. The van der Waals surface area contributed by atoms with Gasteiger partial charge in [0.05, 0.1) is 0 Å². The Morgan fingerprint density at radius 2 is 2.12 bits per heavy atom. The van der Waals surface area contributed by atoms with E-state index in [4.69, 9.17) is 11.0 Å². The maximum absolute atomic E-state index is 8.70. The van der Waals surface area contributed by atoms with Crippen LogP contribution in [0.2, 0.25) is 0 Å². The van der Waals surface area contributed by atoms with Gasteiger partial charge in [-0.15, -0.1) is 0 Å². The Hall–Kier alpha value is -2.06. The van der Waals surface area contributed by atoms with E-state index in [1.165, 1.54) is 11.3 Å². The quantitative estimate of drug-likeness (QED) is 0.847. The zero-order chi connectivity index (χ0) is 11.4. The van der Waals surface area contributed by atoms with Gasteiger partial charge in [-0.05, 0) is 5.56 Å². The van der Waals surface area contributed by atoms with E-state index in [1.807, 2.05) is 36.4 Å². The van der Waals surface area contributed by atoms with E-state index in [-0.39, 0.29) is 0 Å². The van der Waals surface area contributed by atoms with Crippen LogP contribution < -0.4 is 11.1 Å². The molecule has 0 fully saturated rings. The number of nitrogens with two attached hydrogens (primary N) is 1. The van der Waals surface area contributed by atoms with Gasteiger partial charge in [-0.25, -0.2) is 4.98 Å². The van der Waals surface area contributed by atoms with Crippen molar-refractivity contribution in [3.05, 3.63) is 41.6 Å². The fourth-order valence-corrected chi connectivity index (χ4v) is 1.94. The maximum atomic E-state index is 8.70. The first-order chi connectivity index (χ1) is 7.79. The molecule has 0 unspecified atom stereocenters. The molecule has 80 valence electrons. The minimum Gasteiger partial charge on any atom is -0.388 e. The molecular formula is C11H10N4S. The Morgan fingerprint density at radius 3 is 2.75 bits per heavy atom. The molecule has 1 aromatic heterocycles. The van der Waals surface area contributed by atoms with Crippen LogP contribution in [0, 0.1) is 11.3 Å². The third-order valence-electron chi connectivity index (χ3n) is 2.05. The summed E-state index contributed by atoms with van der Waals surface area (Å²) in [7, 11) is 0. The van der Waals surface area contributed by atoms with Gasteiger partial charge in [-0.1, -0.05) is 41.7 Å². The monoisotopic (exact) mass is 230 g/mol. The van der Waals surface area contributed by atoms with Crippen molar-refractivity contribution in [2.75, 3.05) is 11.1 Å². The topological polar surface area (TPSA) is 74.7 Å². The van der Waals surface area contributed by atoms with Gasteiger partial charge in [0.1, 0.15) is 11.1 Å². The number of hydrogen-bond donors (Lipinski definition) is 2. The summed E-state index contributed by atoms with van der Waals surface area (Å²) in [6.45, 7) is 0.679. The minimum atomic E-state index is 0.292. The highest BCUT2D eigenvalue weighted by Crippen LogP contribution is 2.24. The van der Waals surface area contributed by atoms with Gasteiger partial charge in [0.15, 0.2) is 10.8 Å². The Balaban J connectivity index is 2.03. The molecule has 0 saturated heterocycles. The van der Waals surface area contributed by atoms with Crippen LogP contribution in [0.3, 0.4) is 0 Å². The smallest absolute Gasteiger partial charge is 0.186 e. The summed E-state index contributed by atoms with van der Waals surface area (Å²) in [5.41, 5.74) is 7.07. The summed E-state index contributed by atoms with van der Waals surface area (Å²) in [5, 5.41) is 13.0. The molecule has 0 aliphatic heterocycles. The lowest BCUT2D eigenvalue weighted by Gasteiger charge is -2.01. The van der Waals surface area contributed by atoms with E-state index >= 15 is 0 Å². The Kier molecular flexibility index (Phi) is 3.03. The molecule has 2 rings (SSSR count). The first kappa shape index (κ1) is 10.5. The van der Waals surface area contributed by atoms with Crippen LogP contribution in [0.4, 0.5) is 10.1 Å². The summed E-state index contributed by atoms with van der Waals surface area (Å²) in [6.07, 6.45) is 0. The van der Waals surface area contributed by atoms with Gasteiger partial charge in [0, 0.05) is 6.54 Å². The van der Waals surface area contributed by atoms with Gasteiger partial charge in [-0.2, -0.15) is 5.26 Å². The van der Waals surface area contributed by atoms with Crippen LogP contribution in [0.15, 0.2) is 30.3 Å². The Labute approximate surface area is 97.4 Å². The van der Waals surface area contributed by atoms with Gasteiger partial charge >= 0.3 is 0 Å². The maximum Gasteiger partial charge on any atom is 0.186 e. The summed E-state index contributed by atoms with van der Waals surface area (Å²) in [5.74, 6) is 0. The van der Waals surface area contributed by atoms with E-state index in [1.54, 1.807) is 0 Å². The van der Waals surface area contributed by atoms with Gasteiger partial charge in [0.25, 0.3) is 0 Å². The largest absolute Gasteiger partial charge is 0.388 e. The van der Waals surface area contributed by atoms with Gasteiger partial charge in [-0.3, -0.25) is 0 Å². The number of thiazole rings is 1. The lowest BCUT2D eigenvalue weighted by molar-refractivity contribution is 1.13. The van der Waals surface area contributed by atoms with Crippen molar-refractivity contribution in [3.8, 4) is 6.07 Å². The molecule has 2 aromatic rings. The number of rotatable bonds is 3. The number of nitriles is 1. The van der Waals surface area contributed by atoms with Gasteiger partial charge < -0.3 is 11.1 Å². The molecule has 1 aromatic carbocycles. The fourth-order valence-electron chi connectivity index (χ4n) is 1.26. The average Bonchev–Trinajstić information content (AvgIpc) is 2.69. The molecule has 0 saturated carbocycles. The number of nitrogen functional groups attached to an aromatic ring is 1. The van der Waals surface area contributed by atoms with Crippen molar-refractivity contribution in [1.82, 2.24) is 4.98 Å². The molecule has 4 nitrogen and oxygen atoms in total. The molecule has 3 N–H and O–H groups in total. The SMILES string of the molecule is N#Cc1nc(NCc2ccccc2)sc1N. The van der Waals surface area contributed by atoms with Crippen molar-refractivity contribution < 1.29 is 0 Å². The molecule has 0 radical (unpaired) electrons. The summed E-state index contributed by atoms with van der Waals surface area (Å²) in [6, 6.07) is 11.9. The van der Waals surface area contributed by atoms with Crippen molar-refractivity contribution in [2.45, 2.75) is 6.54 Å². The molecule has 0 bridgehead atoms. The summed E-state index contributed by atoms with van der Waals surface area (Å²) >= 11 is 1.29. The summed E-state index contributed by atoms with van der Waals surface area (Å²) in [4.78, 5) is 4.06. The third kappa shape index (κ3) is 2.30. The number of benzene rings is 1. The second-order valence-corrected chi connectivity index (χ2v) is 4.21. The predicted octanol–water partition coefficient (Wildman–Crippen LogP) is 2.21. The number of hydrogen-bond acceptors (Lipinski definition) is 5. The lowest BCUT2D eigenvalue weighted by atomic mass is 10.2. The highest BCUT2D eigenvalue weighted by Gasteiger charge is 2.06. The molecular weight excluding hydrogens is 220 g/mol. The van der Waals surface area contributed by atoms with E-state index in [0.29, 0.717) is 22.4 Å². The van der Waals surface area contributed by atoms with Crippen LogP contribution in [-0.4, -0.2) is 4.98 Å². The molecule has 0 aliphatic carbocycles. The van der Waals surface area contributed by atoms with Crippen molar-refractivity contribution in [2.24, 2.45) is 0 Å². The summed E-state index contributed by atoms with van der Waals surface area (Å²) < 4.78 is 0. The van der Waals surface area contributed by atoms with E-state index < -0.39 is 0 Å². The molecule has 0 spiro atoms. The fraction of sp³-hybridized carbons (Fsp3) is 0.0909. The van der Waals surface area contributed by atoms with Crippen LogP contribution in [-0.2, 0) is 6.54 Å². The second-order valence-electron chi connectivity index (χ2n) is 3.18. The number of nitrogens with one attached hydrogen (secondary N) is 1. The molecule has 0 amide bonds. The first-order valence-electron chi connectivity index (χ1n) is 4.74. The molecule has 16 heavy (non-hydrogen) atoms. The minimum absolute atomic E-state index is 0.292. The van der Waals surface area contributed by atoms with Crippen LogP contribution >= 0.6 is 11.3 Å². The van der Waals surface area contributed by atoms with E-state index in [2.05, 4.69) is 10.3 Å². The van der Waals surface area contributed by atoms with Crippen molar-refractivity contribution in [3.63, 3.8) is 0 Å². The van der Waals surface area contributed by atoms with Crippen LogP contribution in [0.1, 0.15) is 11.3 Å². The third-order valence-corrected chi connectivity index (χ3v) is 2.89. The van der Waals surface area contributed by atoms with E-state index in [0.717, 1.165) is 5.56 Å². The number of anilines is 2. The Morgan fingerprint density at radius 1 is 1.38 bits per heavy atom. The lowest BCUT2D eigenvalue weighted by Crippen LogP contribution is -1.98. The average molecular weight is 230 g/mol. The molecule has 0 atom stereocenters. The zero-order valence-corrected chi connectivity index (χ0v) is 9.29. The van der Waals surface area contributed by atoms with Gasteiger partial charge in [0.2, 0.25) is 0 Å². The van der Waals surface area contributed by atoms with Crippen molar-refractivity contribution >= 4 is 21.5 Å². The normalized spacial score (nSPS) is 9.69. The van der Waals surface area contributed by atoms with Crippen LogP contribution in [0.25, 0.3) is 0 Å². The highest BCUT2D eigenvalue weighted by atomic mass is 32.1. The number of nitrogens with zero attached hydrogens (tertiary/aromatic N) is 2. The second kappa shape index (κ2) is 4.64. The molecule has 5 heteroatoms. The first-order valence-corrected chi connectivity index (χ1v) is 5.55.